The number of rotatable bonds is 7. The lowest BCUT2D eigenvalue weighted by atomic mass is 10.1. The van der Waals surface area contributed by atoms with Crippen molar-refractivity contribution in [2.75, 3.05) is 26.2 Å². The summed E-state index contributed by atoms with van der Waals surface area (Å²) in [5.41, 5.74) is 1.52. The topological polar surface area (TPSA) is 70.1 Å². The number of ether oxygens (including phenoxy) is 1. The Hall–Kier alpha value is -2.90. The number of benzene rings is 2. The fourth-order valence-electron chi connectivity index (χ4n) is 3.56. The Kier molecular flexibility index (Phi) is 7.65. The molecule has 0 spiro atoms. The SMILES string of the molecule is C[C@@H]1CN(Cc2ccc(F)cc2)CCN1C(=O)COc1ccc(Cl)cc1C=CC(=O)O. The van der Waals surface area contributed by atoms with Crippen LogP contribution in [0.4, 0.5) is 4.39 Å². The van der Waals surface area contributed by atoms with E-state index in [0.29, 0.717) is 42.5 Å². The van der Waals surface area contributed by atoms with E-state index in [0.717, 1.165) is 11.6 Å². The number of hydrogen-bond acceptors (Lipinski definition) is 4. The number of aliphatic carboxylic acids is 1. The molecule has 2 aromatic carbocycles. The van der Waals surface area contributed by atoms with Gasteiger partial charge in [-0.1, -0.05) is 23.7 Å². The van der Waals surface area contributed by atoms with Crippen LogP contribution in [0.25, 0.3) is 6.08 Å². The van der Waals surface area contributed by atoms with Gasteiger partial charge in [-0.15, -0.1) is 0 Å². The molecule has 0 radical (unpaired) electrons. The van der Waals surface area contributed by atoms with Gasteiger partial charge < -0.3 is 14.7 Å². The summed E-state index contributed by atoms with van der Waals surface area (Å²) in [6.45, 7) is 4.51. The second-order valence-corrected chi connectivity index (χ2v) is 7.88. The zero-order valence-corrected chi connectivity index (χ0v) is 17.9. The number of carboxylic acid groups (broad SMARTS) is 1. The quantitative estimate of drug-likeness (QED) is 0.657. The molecule has 8 heteroatoms. The lowest BCUT2D eigenvalue weighted by molar-refractivity contribution is -0.138. The van der Waals surface area contributed by atoms with Crippen LogP contribution in [0.1, 0.15) is 18.1 Å². The van der Waals surface area contributed by atoms with Gasteiger partial charge in [-0.3, -0.25) is 9.69 Å². The average molecular weight is 447 g/mol. The summed E-state index contributed by atoms with van der Waals surface area (Å²) in [4.78, 5) is 27.5. The number of hydrogen-bond donors (Lipinski definition) is 1. The van der Waals surface area contributed by atoms with Crippen molar-refractivity contribution in [1.29, 1.82) is 0 Å². The molecule has 1 saturated heterocycles. The Morgan fingerprint density at radius 3 is 2.65 bits per heavy atom. The summed E-state index contributed by atoms with van der Waals surface area (Å²) in [6, 6.07) is 11.3. The molecule has 1 aliphatic rings. The Morgan fingerprint density at radius 2 is 1.97 bits per heavy atom. The molecule has 1 amide bonds. The molecule has 6 nitrogen and oxygen atoms in total. The number of halogens is 2. The minimum absolute atomic E-state index is 0.00175. The highest BCUT2D eigenvalue weighted by Gasteiger charge is 2.27. The first-order valence-corrected chi connectivity index (χ1v) is 10.3. The van der Waals surface area contributed by atoms with Crippen LogP contribution >= 0.6 is 11.6 Å². The van der Waals surface area contributed by atoms with Crippen molar-refractivity contribution in [3.05, 3.63) is 70.5 Å². The van der Waals surface area contributed by atoms with Crippen LogP contribution in [0.15, 0.2) is 48.5 Å². The molecular formula is C23H24ClFN2O4. The van der Waals surface area contributed by atoms with Crippen molar-refractivity contribution < 1.29 is 23.8 Å². The highest BCUT2D eigenvalue weighted by Crippen LogP contribution is 2.24. The summed E-state index contributed by atoms with van der Waals surface area (Å²) in [6.07, 6.45) is 2.37. The van der Waals surface area contributed by atoms with Gasteiger partial charge in [0.15, 0.2) is 6.61 Å². The molecule has 1 heterocycles. The smallest absolute Gasteiger partial charge is 0.328 e. The number of carbonyl (C=O) groups excluding carboxylic acids is 1. The van der Waals surface area contributed by atoms with Gasteiger partial charge in [-0.25, -0.2) is 9.18 Å². The van der Waals surface area contributed by atoms with E-state index in [2.05, 4.69) is 4.90 Å². The second-order valence-electron chi connectivity index (χ2n) is 7.44. The van der Waals surface area contributed by atoms with Crippen molar-refractivity contribution in [3.8, 4) is 5.75 Å². The van der Waals surface area contributed by atoms with E-state index >= 15 is 0 Å². The molecule has 1 atom stereocenters. The Bertz CT molecular complexity index is 965. The van der Waals surface area contributed by atoms with Crippen molar-refractivity contribution >= 4 is 29.6 Å². The van der Waals surface area contributed by atoms with E-state index in [9.17, 15) is 14.0 Å². The van der Waals surface area contributed by atoms with Gasteiger partial charge in [-0.05, 0) is 48.9 Å². The third-order valence-electron chi connectivity index (χ3n) is 5.08. The molecule has 0 saturated carbocycles. The maximum absolute atomic E-state index is 13.1. The molecule has 3 rings (SSSR count). The first-order valence-electron chi connectivity index (χ1n) is 9.91. The first-order chi connectivity index (χ1) is 14.8. The maximum atomic E-state index is 13.1. The minimum Gasteiger partial charge on any atom is -0.483 e. The van der Waals surface area contributed by atoms with E-state index in [1.807, 2.05) is 6.92 Å². The van der Waals surface area contributed by atoms with Crippen LogP contribution in [-0.4, -0.2) is 59.1 Å². The Morgan fingerprint density at radius 1 is 1.23 bits per heavy atom. The van der Waals surface area contributed by atoms with E-state index < -0.39 is 5.97 Å². The standard InChI is InChI=1S/C23H24ClFN2O4/c1-16-13-26(14-17-2-6-20(25)7-3-17)10-11-27(16)22(28)15-31-21-8-5-19(24)12-18(21)4-9-23(29)30/h2-9,12,16H,10-11,13-15H2,1H3,(H,29,30)/t16-/m1/s1. The predicted octanol–water partition coefficient (Wildman–Crippen LogP) is 3.69. The highest BCUT2D eigenvalue weighted by atomic mass is 35.5. The summed E-state index contributed by atoms with van der Waals surface area (Å²) in [5.74, 6) is -1.10. The molecule has 2 aromatic rings. The first kappa shape index (κ1) is 22.8. The highest BCUT2D eigenvalue weighted by molar-refractivity contribution is 6.30. The Balaban J connectivity index is 1.56. The molecular weight excluding hydrogens is 423 g/mol. The molecule has 0 aromatic heterocycles. The van der Waals surface area contributed by atoms with Gasteiger partial charge in [0.25, 0.3) is 5.91 Å². The van der Waals surface area contributed by atoms with Crippen LogP contribution < -0.4 is 4.74 Å². The summed E-state index contributed by atoms with van der Waals surface area (Å²) in [7, 11) is 0. The zero-order valence-electron chi connectivity index (χ0n) is 17.1. The van der Waals surface area contributed by atoms with Crippen LogP contribution in [0, 0.1) is 5.82 Å². The van der Waals surface area contributed by atoms with Gasteiger partial charge in [0.05, 0.1) is 0 Å². The lowest BCUT2D eigenvalue weighted by Crippen LogP contribution is -2.54. The van der Waals surface area contributed by atoms with Crippen molar-refractivity contribution in [2.45, 2.75) is 19.5 Å². The van der Waals surface area contributed by atoms with Gasteiger partial charge in [-0.2, -0.15) is 0 Å². The average Bonchev–Trinajstić information content (AvgIpc) is 2.73. The third-order valence-corrected chi connectivity index (χ3v) is 5.31. The van der Waals surface area contributed by atoms with Crippen molar-refractivity contribution in [2.24, 2.45) is 0 Å². The summed E-state index contributed by atoms with van der Waals surface area (Å²) >= 11 is 5.98. The number of amides is 1. The van der Waals surface area contributed by atoms with E-state index in [1.165, 1.54) is 18.2 Å². The molecule has 1 aliphatic heterocycles. The molecule has 1 N–H and O–H groups in total. The van der Waals surface area contributed by atoms with Crippen LogP contribution in [-0.2, 0) is 16.1 Å². The maximum Gasteiger partial charge on any atom is 0.328 e. The van der Waals surface area contributed by atoms with Crippen molar-refractivity contribution in [1.82, 2.24) is 9.80 Å². The van der Waals surface area contributed by atoms with Gasteiger partial charge >= 0.3 is 5.97 Å². The largest absolute Gasteiger partial charge is 0.483 e. The van der Waals surface area contributed by atoms with Gasteiger partial charge in [0.2, 0.25) is 0 Å². The number of nitrogens with zero attached hydrogens (tertiary/aromatic N) is 2. The number of carbonyl (C=O) groups is 2. The predicted molar refractivity (Wildman–Crippen MR) is 116 cm³/mol. The monoisotopic (exact) mass is 446 g/mol. The molecule has 31 heavy (non-hydrogen) atoms. The molecule has 0 unspecified atom stereocenters. The third kappa shape index (κ3) is 6.54. The van der Waals surface area contributed by atoms with Crippen molar-refractivity contribution in [3.63, 3.8) is 0 Å². The number of carboxylic acids is 1. The fourth-order valence-corrected chi connectivity index (χ4v) is 3.74. The van der Waals surface area contributed by atoms with Crippen LogP contribution in [0.3, 0.4) is 0 Å². The normalized spacial score (nSPS) is 17.1. The zero-order chi connectivity index (χ0) is 22.4. The molecule has 1 fully saturated rings. The fraction of sp³-hybridized carbons (Fsp3) is 0.304. The Labute approximate surface area is 185 Å². The van der Waals surface area contributed by atoms with Gasteiger partial charge in [0, 0.05) is 48.9 Å². The molecule has 164 valence electrons. The lowest BCUT2D eigenvalue weighted by Gasteiger charge is -2.39. The minimum atomic E-state index is -1.09. The molecule has 0 aliphatic carbocycles. The van der Waals surface area contributed by atoms with E-state index in [1.54, 1.807) is 35.2 Å². The summed E-state index contributed by atoms with van der Waals surface area (Å²) in [5, 5.41) is 9.28. The summed E-state index contributed by atoms with van der Waals surface area (Å²) < 4.78 is 18.8. The number of piperazine rings is 1. The van der Waals surface area contributed by atoms with E-state index in [-0.39, 0.29) is 24.4 Å². The second kappa shape index (κ2) is 10.4. The van der Waals surface area contributed by atoms with E-state index in [4.69, 9.17) is 21.4 Å². The van der Waals surface area contributed by atoms with Gasteiger partial charge in [0.1, 0.15) is 11.6 Å². The van der Waals surface area contributed by atoms with Crippen LogP contribution in [0.5, 0.6) is 5.75 Å². The molecule has 0 bridgehead atoms. The van der Waals surface area contributed by atoms with Crippen LogP contribution in [0.2, 0.25) is 5.02 Å².